The van der Waals surface area contributed by atoms with E-state index in [1.165, 1.54) is 0 Å². The summed E-state index contributed by atoms with van der Waals surface area (Å²) >= 11 is 0. The molecule has 2 aromatic rings. The summed E-state index contributed by atoms with van der Waals surface area (Å²) in [7, 11) is -0.960. The SMILES string of the molecule is CS(=O)COCCn1cnc2cc(C(=O)N3C4CCC3CC(O)C4)ccc21. The minimum atomic E-state index is -0.960. The normalized spacial score (nSPS) is 25.9. The van der Waals surface area contributed by atoms with Crippen molar-refractivity contribution in [1.82, 2.24) is 14.5 Å². The Labute approximate surface area is 160 Å². The fraction of sp³-hybridized carbons (Fsp3) is 0.579. The van der Waals surface area contributed by atoms with Gasteiger partial charge in [-0.25, -0.2) is 4.98 Å². The van der Waals surface area contributed by atoms with Gasteiger partial charge in [0.1, 0.15) is 5.94 Å². The van der Waals surface area contributed by atoms with Crippen LogP contribution in [0.25, 0.3) is 11.0 Å². The third-order valence-corrected chi connectivity index (χ3v) is 6.04. The van der Waals surface area contributed by atoms with Crippen LogP contribution in [0, 0.1) is 0 Å². The fourth-order valence-electron chi connectivity index (χ4n) is 4.34. The van der Waals surface area contributed by atoms with Crippen molar-refractivity contribution in [3.05, 3.63) is 30.1 Å². The van der Waals surface area contributed by atoms with Crippen molar-refractivity contribution < 1.29 is 18.8 Å². The number of carbonyl (C=O) groups is 1. The van der Waals surface area contributed by atoms with Gasteiger partial charge < -0.3 is 19.3 Å². The lowest BCUT2D eigenvalue weighted by Crippen LogP contribution is -2.48. The minimum absolute atomic E-state index is 0.0413. The molecule has 3 heterocycles. The molecule has 1 amide bonds. The zero-order valence-corrected chi connectivity index (χ0v) is 16.2. The summed E-state index contributed by atoms with van der Waals surface area (Å²) in [4.78, 5) is 19.5. The molecule has 2 bridgehead atoms. The number of ether oxygens (including phenoxy) is 1. The number of carbonyl (C=O) groups excluding carboxylic acids is 1. The lowest BCUT2D eigenvalue weighted by Gasteiger charge is -2.37. The van der Waals surface area contributed by atoms with Crippen molar-refractivity contribution in [2.45, 2.75) is 50.4 Å². The van der Waals surface area contributed by atoms with Crippen LogP contribution in [0.4, 0.5) is 0 Å². The van der Waals surface area contributed by atoms with Crippen LogP contribution in [0.5, 0.6) is 0 Å². The smallest absolute Gasteiger partial charge is 0.254 e. The molecule has 8 heteroatoms. The summed E-state index contributed by atoms with van der Waals surface area (Å²) in [5, 5.41) is 9.95. The summed E-state index contributed by atoms with van der Waals surface area (Å²) in [6.45, 7) is 1.08. The Morgan fingerprint density at radius 2 is 2.07 bits per heavy atom. The third kappa shape index (κ3) is 3.79. The second-order valence-electron chi connectivity index (χ2n) is 7.46. The third-order valence-electron chi connectivity index (χ3n) is 5.54. The second kappa shape index (κ2) is 7.69. The Hall–Kier alpha value is -1.77. The van der Waals surface area contributed by atoms with Crippen LogP contribution in [0.1, 0.15) is 36.0 Å². The predicted octanol–water partition coefficient (Wildman–Crippen LogP) is 1.52. The van der Waals surface area contributed by atoms with Crippen molar-refractivity contribution in [2.75, 3.05) is 18.8 Å². The van der Waals surface area contributed by atoms with Gasteiger partial charge in [0.05, 0.1) is 30.1 Å². The van der Waals surface area contributed by atoms with E-state index in [2.05, 4.69) is 4.98 Å². The molecule has 7 nitrogen and oxygen atoms in total. The van der Waals surface area contributed by atoms with Crippen LogP contribution >= 0.6 is 0 Å². The molecule has 4 rings (SSSR count). The van der Waals surface area contributed by atoms with Crippen LogP contribution in [0.3, 0.4) is 0 Å². The zero-order valence-electron chi connectivity index (χ0n) is 15.4. The average Bonchev–Trinajstić information content (AvgIpc) is 3.16. The molecule has 0 radical (unpaired) electrons. The van der Waals surface area contributed by atoms with Gasteiger partial charge >= 0.3 is 0 Å². The zero-order chi connectivity index (χ0) is 19.0. The number of aliphatic hydroxyl groups is 1. The molecule has 1 aromatic heterocycles. The highest BCUT2D eigenvalue weighted by molar-refractivity contribution is 7.84. The molecule has 2 aliphatic rings. The van der Waals surface area contributed by atoms with E-state index < -0.39 is 10.8 Å². The van der Waals surface area contributed by atoms with Crippen molar-refractivity contribution in [3.8, 4) is 0 Å². The van der Waals surface area contributed by atoms with Gasteiger partial charge in [0.2, 0.25) is 0 Å². The van der Waals surface area contributed by atoms with E-state index in [1.54, 1.807) is 12.6 Å². The lowest BCUT2D eigenvalue weighted by atomic mass is 9.98. The number of amides is 1. The van der Waals surface area contributed by atoms with Crippen LogP contribution in [-0.2, 0) is 22.1 Å². The maximum Gasteiger partial charge on any atom is 0.254 e. The van der Waals surface area contributed by atoms with Crippen LogP contribution in [-0.4, -0.2) is 66.7 Å². The first-order valence-electron chi connectivity index (χ1n) is 9.36. The summed E-state index contributed by atoms with van der Waals surface area (Å²) in [6, 6.07) is 5.94. The number of hydrogen-bond donors (Lipinski definition) is 1. The molecule has 0 saturated carbocycles. The van der Waals surface area contributed by atoms with Crippen molar-refractivity contribution in [2.24, 2.45) is 0 Å². The molecule has 2 fully saturated rings. The Balaban J connectivity index is 1.48. The number of hydrogen-bond acceptors (Lipinski definition) is 5. The molecule has 146 valence electrons. The standard InChI is InChI=1S/C19H25N3O4S/c1-27(25)12-26-7-6-21-11-20-17-8-13(2-5-18(17)21)19(24)22-14-3-4-15(22)10-16(23)9-14/h2,5,8,11,14-16,23H,3-4,6-7,9-10,12H2,1H3. The first kappa shape index (κ1) is 18.6. The highest BCUT2D eigenvalue weighted by atomic mass is 32.2. The number of nitrogens with zero attached hydrogens (tertiary/aromatic N) is 3. The van der Waals surface area contributed by atoms with Gasteiger partial charge in [-0.05, 0) is 43.9 Å². The Morgan fingerprint density at radius 1 is 1.33 bits per heavy atom. The van der Waals surface area contributed by atoms with Gasteiger partial charge in [-0.2, -0.15) is 0 Å². The van der Waals surface area contributed by atoms with Crippen LogP contribution < -0.4 is 0 Å². The van der Waals surface area contributed by atoms with Gasteiger partial charge in [-0.1, -0.05) is 0 Å². The van der Waals surface area contributed by atoms with E-state index in [-0.39, 0.29) is 30.0 Å². The number of aliphatic hydroxyl groups excluding tert-OH is 1. The van der Waals surface area contributed by atoms with Gasteiger partial charge in [0, 0.05) is 41.2 Å². The first-order valence-corrected chi connectivity index (χ1v) is 11.1. The minimum Gasteiger partial charge on any atom is -0.393 e. The van der Waals surface area contributed by atoms with Crippen molar-refractivity contribution in [3.63, 3.8) is 0 Å². The highest BCUT2D eigenvalue weighted by Gasteiger charge is 2.42. The quantitative estimate of drug-likeness (QED) is 0.755. The van der Waals surface area contributed by atoms with Crippen molar-refractivity contribution in [1.29, 1.82) is 0 Å². The number of piperidine rings is 1. The van der Waals surface area contributed by atoms with Gasteiger partial charge in [0.15, 0.2) is 0 Å². The average molecular weight is 391 g/mol. The van der Waals surface area contributed by atoms with E-state index in [0.717, 1.165) is 23.9 Å². The van der Waals surface area contributed by atoms with E-state index >= 15 is 0 Å². The molecule has 1 N–H and O–H groups in total. The number of aromatic nitrogens is 2. The second-order valence-corrected chi connectivity index (χ2v) is 8.85. The molecule has 2 saturated heterocycles. The molecule has 27 heavy (non-hydrogen) atoms. The van der Waals surface area contributed by atoms with E-state index in [9.17, 15) is 14.1 Å². The molecule has 3 unspecified atom stereocenters. The summed E-state index contributed by atoms with van der Waals surface area (Å²) in [5.74, 6) is 0.276. The van der Waals surface area contributed by atoms with E-state index in [4.69, 9.17) is 4.74 Å². The van der Waals surface area contributed by atoms with Gasteiger partial charge in [-0.3, -0.25) is 9.00 Å². The monoisotopic (exact) mass is 391 g/mol. The molecule has 3 atom stereocenters. The van der Waals surface area contributed by atoms with Crippen LogP contribution in [0.2, 0.25) is 0 Å². The maximum atomic E-state index is 13.1. The van der Waals surface area contributed by atoms with E-state index in [1.807, 2.05) is 27.7 Å². The number of rotatable bonds is 6. The molecule has 2 aliphatic heterocycles. The predicted molar refractivity (Wildman–Crippen MR) is 103 cm³/mol. The van der Waals surface area contributed by atoms with Crippen LogP contribution in [0.15, 0.2) is 24.5 Å². The number of imidazole rings is 1. The molecular formula is C19H25N3O4S. The Kier molecular flexibility index (Phi) is 5.29. The first-order chi connectivity index (χ1) is 13.0. The molecular weight excluding hydrogens is 366 g/mol. The Bertz CT molecular complexity index is 854. The molecule has 0 spiro atoms. The van der Waals surface area contributed by atoms with Crippen molar-refractivity contribution >= 4 is 27.7 Å². The Morgan fingerprint density at radius 3 is 2.78 bits per heavy atom. The maximum absolute atomic E-state index is 13.1. The highest BCUT2D eigenvalue weighted by Crippen LogP contribution is 2.37. The number of benzene rings is 1. The van der Waals surface area contributed by atoms with Gasteiger partial charge in [-0.15, -0.1) is 0 Å². The number of fused-ring (bicyclic) bond motifs is 3. The summed E-state index contributed by atoms with van der Waals surface area (Å²) in [5.41, 5.74) is 2.38. The molecule has 1 aromatic carbocycles. The summed E-state index contributed by atoms with van der Waals surface area (Å²) < 4.78 is 18.4. The van der Waals surface area contributed by atoms with Gasteiger partial charge in [0.25, 0.3) is 5.91 Å². The molecule has 0 aliphatic carbocycles. The topological polar surface area (TPSA) is 84.7 Å². The fourth-order valence-corrected chi connectivity index (χ4v) is 4.70. The largest absolute Gasteiger partial charge is 0.393 e. The summed E-state index contributed by atoms with van der Waals surface area (Å²) in [6.07, 6.45) is 6.40. The van der Waals surface area contributed by atoms with E-state index in [0.29, 0.717) is 31.6 Å². The lowest BCUT2D eigenvalue weighted by molar-refractivity contribution is 0.0287.